The molecule has 23 heavy (non-hydrogen) atoms. The minimum atomic E-state index is 0.128. The molecule has 118 valence electrons. The first kappa shape index (κ1) is 14.2. The molecule has 0 unspecified atom stereocenters. The lowest BCUT2D eigenvalue weighted by Crippen LogP contribution is -2.57. The molecule has 0 radical (unpaired) electrons. The van der Waals surface area contributed by atoms with Crippen LogP contribution in [-0.2, 0) is 0 Å². The second-order valence-electron chi connectivity index (χ2n) is 6.47. The molecule has 0 bridgehead atoms. The predicted molar refractivity (Wildman–Crippen MR) is 93.7 cm³/mol. The fraction of sp³-hybridized carbons (Fsp3) is 0.353. The van der Waals surface area contributed by atoms with Crippen molar-refractivity contribution in [1.29, 1.82) is 0 Å². The van der Waals surface area contributed by atoms with Crippen molar-refractivity contribution in [2.45, 2.75) is 33.8 Å². The second-order valence-corrected chi connectivity index (χ2v) is 6.47. The Morgan fingerprint density at radius 2 is 2.00 bits per heavy atom. The molecule has 0 fully saturated rings. The number of allylic oxidation sites excluding steroid dienone is 1. The van der Waals surface area contributed by atoms with E-state index in [0.717, 1.165) is 28.0 Å². The van der Waals surface area contributed by atoms with Gasteiger partial charge >= 0.3 is 6.85 Å². The SMILES string of the molecule is CB1c2oc3nc(C)ccc3c2C=C(C)N1N1C=CN(C)[C@@H]1C. The first-order valence-corrected chi connectivity index (χ1v) is 8.03. The Morgan fingerprint density at radius 3 is 2.70 bits per heavy atom. The molecule has 0 saturated heterocycles. The molecule has 6 heteroatoms. The molecule has 4 rings (SSSR count). The van der Waals surface area contributed by atoms with E-state index >= 15 is 0 Å². The third-order valence-electron chi connectivity index (χ3n) is 4.90. The van der Waals surface area contributed by atoms with Gasteiger partial charge in [-0.2, -0.15) is 0 Å². The van der Waals surface area contributed by atoms with Crippen molar-refractivity contribution in [1.82, 2.24) is 19.8 Å². The third-order valence-corrected chi connectivity index (χ3v) is 4.90. The van der Waals surface area contributed by atoms with Crippen LogP contribution in [-0.4, -0.2) is 39.9 Å². The fourth-order valence-corrected chi connectivity index (χ4v) is 3.50. The zero-order valence-electron chi connectivity index (χ0n) is 14.2. The van der Waals surface area contributed by atoms with Gasteiger partial charge in [0.05, 0.1) is 0 Å². The van der Waals surface area contributed by atoms with Crippen LogP contribution >= 0.6 is 0 Å². The van der Waals surface area contributed by atoms with Crippen LogP contribution in [0.3, 0.4) is 0 Å². The number of hydrazine groups is 1. The van der Waals surface area contributed by atoms with Crippen molar-refractivity contribution in [2.75, 3.05) is 7.05 Å². The van der Waals surface area contributed by atoms with Crippen molar-refractivity contribution in [3.8, 4) is 0 Å². The average Bonchev–Trinajstić information content (AvgIpc) is 3.02. The van der Waals surface area contributed by atoms with E-state index < -0.39 is 0 Å². The molecule has 2 aliphatic rings. The molecule has 0 aliphatic carbocycles. The second kappa shape index (κ2) is 4.81. The monoisotopic (exact) mass is 308 g/mol. The Labute approximate surface area is 136 Å². The van der Waals surface area contributed by atoms with Crippen molar-refractivity contribution in [3.63, 3.8) is 0 Å². The van der Waals surface area contributed by atoms with Crippen LogP contribution in [0.4, 0.5) is 0 Å². The Morgan fingerprint density at radius 1 is 1.22 bits per heavy atom. The van der Waals surface area contributed by atoms with Crippen LogP contribution in [0.15, 0.2) is 34.6 Å². The van der Waals surface area contributed by atoms with E-state index in [9.17, 15) is 0 Å². The van der Waals surface area contributed by atoms with E-state index in [0.29, 0.717) is 0 Å². The van der Waals surface area contributed by atoms with Crippen molar-refractivity contribution in [3.05, 3.63) is 41.5 Å². The van der Waals surface area contributed by atoms with E-state index in [2.05, 4.69) is 72.1 Å². The number of hydrogen-bond acceptors (Lipinski definition) is 5. The highest BCUT2D eigenvalue weighted by Crippen LogP contribution is 2.30. The quantitative estimate of drug-likeness (QED) is 0.757. The lowest BCUT2D eigenvalue weighted by atomic mass is 9.58. The molecule has 0 aromatic carbocycles. The summed E-state index contributed by atoms with van der Waals surface area (Å²) in [6.45, 7) is 8.65. The highest BCUT2D eigenvalue weighted by molar-refractivity contribution is 6.70. The van der Waals surface area contributed by atoms with Crippen molar-refractivity contribution < 1.29 is 4.42 Å². The van der Waals surface area contributed by atoms with Crippen LogP contribution < -0.4 is 5.66 Å². The standard InChI is InChI=1S/C17H21BN4O/c1-11-6-7-14-15-10-12(2)22(21-9-8-20(5)13(21)3)18(4)16(15)23-17(14)19-11/h6-10,13H,1-5H3/t13-/m0/s1. The maximum Gasteiger partial charge on any atom is 0.353 e. The molecule has 0 N–H and O–H groups in total. The van der Waals surface area contributed by atoms with Crippen LogP contribution in [0, 0.1) is 6.92 Å². The van der Waals surface area contributed by atoms with Crippen LogP contribution in [0.1, 0.15) is 25.1 Å². The van der Waals surface area contributed by atoms with Gasteiger partial charge in [0.25, 0.3) is 0 Å². The summed E-state index contributed by atoms with van der Waals surface area (Å²) in [6, 6.07) is 4.15. The molecule has 0 saturated carbocycles. The number of furan rings is 1. The number of fused-ring (bicyclic) bond motifs is 3. The zero-order valence-corrected chi connectivity index (χ0v) is 14.2. The van der Waals surface area contributed by atoms with E-state index in [4.69, 9.17) is 4.42 Å². The lowest BCUT2D eigenvalue weighted by Gasteiger charge is -2.43. The normalized spacial score (nSPS) is 20.6. The van der Waals surface area contributed by atoms with E-state index in [1.165, 1.54) is 5.70 Å². The summed E-state index contributed by atoms with van der Waals surface area (Å²) in [7, 11) is 2.09. The van der Waals surface area contributed by atoms with Crippen molar-refractivity contribution in [2.24, 2.45) is 0 Å². The van der Waals surface area contributed by atoms with Gasteiger partial charge in [-0.25, -0.2) is 4.98 Å². The molecule has 0 amide bonds. The van der Waals surface area contributed by atoms with Crippen LogP contribution in [0.25, 0.3) is 17.2 Å². The van der Waals surface area contributed by atoms with Gasteiger partial charge in [0.2, 0.25) is 5.71 Å². The average molecular weight is 308 g/mol. The number of aryl methyl sites for hydroxylation is 1. The zero-order chi connectivity index (χ0) is 16.3. The largest absolute Gasteiger partial charge is 0.450 e. The Balaban J connectivity index is 1.82. The summed E-state index contributed by atoms with van der Waals surface area (Å²) in [5.41, 5.74) is 5.07. The predicted octanol–water partition coefficient (Wildman–Crippen LogP) is 2.62. The van der Waals surface area contributed by atoms with Crippen LogP contribution in [0.5, 0.6) is 0 Å². The van der Waals surface area contributed by atoms with Crippen LogP contribution in [0.2, 0.25) is 6.82 Å². The minimum Gasteiger partial charge on any atom is -0.450 e. The first-order chi connectivity index (χ1) is 11.0. The van der Waals surface area contributed by atoms with Gasteiger partial charge in [-0.05, 0) is 39.0 Å². The Bertz CT molecular complexity index is 840. The molecular formula is C17H21BN4O. The Hall–Kier alpha value is -2.37. The minimum absolute atomic E-state index is 0.128. The highest BCUT2D eigenvalue weighted by atomic mass is 16.3. The maximum absolute atomic E-state index is 6.12. The molecule has 2 aromatic heterocycles. The van der Waals surface area contributed by atoms with Gasteiger partial charge in [-0.1, -0.05) is 6.82 Å². The van der Waals surface area contributed by atoms with E-state index in [1.54, 1.807) is 0 Å². The number of hydrogen-bond donors (Lipinski definition) is 0. The summed E-state index contributed by atoms with van der Waals surface area (Å²) < 4.78 is 6.12. The molecule has 5 nitrogen and oxygen atoms in total. The summed E-state index contributed by atoms with van der Waals surface area (Å²) in [6.07, 6.45) is 6.71. The van der Waals surface area contributed by atoms with E-state index in [-0.39, 0.29) is 13.0 Å². The molecule has 1 atom stereocenters. The molecular weight excluding hydrogens is 287 g/mol. The molecule has 4 heterocycles. The van der Waals surface area contributed by atoms with Gasteiger partial charge < -0.3 is 14.2 Å². The van der Waals surface area contributed by atoms with E-state index in [1.807, 2.05) is 13.0 Å². The molecule has 2 aliphatic heterocycles. The van der Waals surface area contributed by atoms with Gasteiger partial charge in [0.1, 0.15) is 11.8 Å². The fourth-order valence-electron chi connectivity index (χ4n) is 3.50. The highest BCUT2D eigenvalue weighted by Gasteiger charge is 2.38. The Kier molecular flexibility index (Phi) is 2.98. The van der Waals surface area contributed by atoms with Gasteiger partial charge in [0, 0.05) is 41.8 Å². The molecule has 0 spiro atoms. The maximum atomic E-state index is 6.12. The topological polar surface area (TPSA) is 35.8 Å². The van der Waals surface area contributed by atoms with Gasteiger partial charge in [-0.3, -0.25) is 5.01 Å². The molecule has 2 aromatic rings. The smallest absolute Gasteiger partial charge is 0.353 e. The first-order valence-electron chi connectivity index (χ1n) is 8.03. The number of rotatable bonds is 1. The van der Waals surface area contributed by atoms with Gasteiger partial charge in [-0.15, -0.1) is 0 Å². The number of aromatic nitrogens is 1. The third kappa shape index (κ3) is 1.97. The summed E-state index contributed by atoms with van der Waals surface area (Å²) in [5.74, 6) is 0. The number of nitrogens with zero attached hydrogens (tertiary/aromatic N) is 4. The number of pyridine rings is 1. The lowest BCUT2D eigenvalue weighted by molar-refractivity contribution is 0.0631. The summed E-state index contributed by atoms with van der Waals surface area (Å²) >= 11 is 0. The summed E-state index contributed by atoms with van der Waals surface area (Å²) in [5, 5.41) is 3.35. The van der Waals surface area contributed by atoms with Crippen molar-refractivity contribution >= 4 is 29.7 Å². The summed E-state index contributed by atoms with van der Waals surface area (Å²) in [4.78, 5) is 9.03. The van der Waals surface area contributed by atoms with Gasteiger partial charge in [0.15, 0.2) is 0 Å².